The minimum atomic E-state index is -0.962. The van der Waals surface area contributed by atoms with Gasteiger partial charge < -0.3 is 14.6 Å². The second-order valence-corrected chi connectivity index (χ2v) is 6.88. The molecule has 3 rings (SSSR count). The van der Waals surface area contributed by atoms with E-state index in [1.165, 1.54) is 5.56 Å². The molecule has 0 fully saturated rings. The van der Waals surface area contributed by atoms with Crippen LogP contribution in [0.25, 0.3) is 10.6 Å². The Kier molecular flexibility index (Phi) is 5.23. The molecule has 0 unspecified atom stereocenters. The van der Waals surface area contributed by atoms with Gasteiger partial charge in [0.2, 0.25) is 0 Å². The van der Waals surface area contributed by atoms with Crippen molar-refractivity contribution in [1.29, 1.82) is 0 Å². The van der Waals surface area contributed by atoms with Gasteiger partial charge in [0.15, 0.2) is 11.5 Å². The van der Waals surface area contributed by atoms with E-state index in [1.54, 1.807) is 14.0 Å². The van der Waals surface area contributed by atoms with Gasteiger partial charge in [0.1, 0.15) is 16.5 Å². The Morgan fingerprint density at radius 1 is 1.15 bits per heavy atom. The maximum atomic E-state index is 11.2. The molecule has 134 valence electrons. The van der Waals surface area contributed by atoms with Crippen molar-refractivity contribution in [2.75, 3.05) is 7.11 Å². The van der Waals surface area contributed by atoms with Crippen LogP contribution in [0.4, 0.5) is 0 Å². The number of carboxylic acid groups (broad SMARTS) is 1. The molecule has 1 aromatic heterocycles. The number of hydrogen-bond donors (Lipinski definition) is 1. The predicted molar refractivity (Wildman–Crippen MR) is 101 cm³/mol. The third-order valence-corrected chi connectivity index (χ3v) is 5.07. The SMILES string of the molecule is COc1cc(-c2nc(C)c(C(=O)O)s2)ccc1OCc1cccc(C)c1. The number of thiazole rings is 1. The van der Waals surface area contributed by atoms with Gasteiger partial charge >= 0.3 is 5.97 Å². The normalized spacial score (nSPS) is 10.6. The highest BCUT2D eigenvalue weighted by Crippen LogP contribution is 2.35. The number of carbonyl (C=O) groups is 1. The smallest absolute Gasteiger partial charge is 0.347 e. The summed E-state index contributed by atoms with van der Waals surface area (Å²) in [4.78, 5) is 15.8. The number of benzene rings is 2. The lowest BCUT2D eigenvalue weighted by molar-refractivity contribution is 0.0701. The van der Waals surface area contributed by atoms with E-state index in [9.17, 15) is 9.90 Å². The summed E-state index contributed by atoms with van der Waals surface area (Å²) >= 11 is 1.15. The monoisotopic (exact) mass is 369 g/mol. The van der Waals surface area contributed by atoms with Crippen LogP contribution in [-0.2, 0) is 6.61 Å². The van der Waals surface area contributed by atoms with Gasteiger partial charge in [-0.05, 0) is 37.6 Å². The van der Waals surface area contributed by atoms with Gasteiger partial charge in [-0.25, -0.2) is 9.78 Å². The lowest BCUT2D eigenvalue weighted by atomic mass is 10.1. The van der Waals surface area contributed by atoms with Crippen molar-refractivity contribution in [3.63, 3.8) is 0 Å². The van der Waals surface area contributed by atoms with Crippen molar-refractivity contribution in [3.05, 3.63) is 64.2 Å². The zero-order valence-corrected chi connectivity index (χ0v) is 15.6. The fourth-order valence-corrected chi connectivity index (χ4v) is 3.50. The molecule has 6 heteroatoms. The highest BCUT2D eigenvalue weighted by Gasteiger charge is 2.16. The predicted octanol–water partition coefficient (Wildman–Crippen LogP) is 4.71. The molecule has 0 saturated carbocycles. The minimum absolute atomic E-state index is 0.249. The van der Waals surface area contributed by atoms with E-state index in [1.807, 2.05) is 43.3 Å². The maximum absolute atomic E-state index is 11.2. The quantitative estimate of drug-likeness (QED) is 0.681. The molecule has 2 aromatic carbocycles. The van der Waals surface area contributed by atoms with Gasteiger partial charge in [-0.3, -0.25) is 0 Å². The average Bonchev–Trinajstić information content (AvgIpc) is 3.02. The Morgan fingerprint density at radius 2 is 1.96 bits per heavy atom. The second-order valence-electron chi connectivity index (χ2n) is 5.88. The van der Waals surface area contributed by atoms with E-state index < -0.39 is 5.97 Å². The summed E-state index contributed by atoms with van der Waals surface area (Å²) in [6.45, 7) is 4.18. The van der Waals surface area contributed by atoms with Crippen molar-refractivity contribution < 1.29 is 19.4 Å². The molecule has 0 aliphatic heterocycles. The van der Waals surface area contributed by atoms with Crippen LogP contribution < -0.4 is 9.47 Å². The number of aryl methyl sites for hydroxylation is 2. The Bertz CT molecular complexity index is 949. The molecule has 26 heavy (non-hydrogen) atoms. The molecule has 0 bridgehead atoms. The lowest BCUT2D eigenvalue weighted by Crippen LogP contribution is -1.98. The molecule has 0 aliphatic carbocycles. The first-order chi connectivity index (χ1) is 12.5. The molecule has 0 spiro atoms. The van der Waals surface area contributed by atoms with Crippen LogP contribution in [0, 0.1) is 13.8 Å². The van der Waals surface area contributed by atoms with Gasteiger partial charge in [0.25, 0.3) is 0 Å². The Hall–Kier alpha value is -2.86. The van der Waals surface area contributed by atoms with Gasteiger partial charge in [0.05, 0.1) is 12.8 Å². The van der Waals surface area contributed by atoms with Crippen molar-refractivity contribution in [2.45, 2.75) is 20.5 Å². The molecule has 0 radical (unpaired) electrons. The van der Waals surface area contributed by atoms with E-state index in [2.05, 4.69) is 11.1 Å². The Morgan fingerprint density at radius 3 is 2.62 bits per heavy atom. The zero-order valence-electron chi connectivity index (χ0n) is 14.8. The molecule has 3 aromatic rings. The van der Waals surface area contributed by atoms with E-state index >= 15 is 0 Å². The molecular weight excluding hydrogens is 350 g/mol. The van der Waals surface area contributed by atoms with Crippen LogP contribution in [0.1, 0.15) is 26.5 Å². The average molecular weight is 369 g/mol. The highest BCUT2D eigenvalue weighted by molar-refractivity contribution is 7.17. The standard InChI is InChI=1S/C20H19NO4S/c1-12-5-4-6-14(9-12)11-25-16-8-7-15(10-17(16)24-3)19-21-13(2)18(26-19)20(22)23/h4-10H,11H2,1-3H3,(H,22,23). The summed E-state index contributed by atoms with van der Waals surface area (Å²) in [6, 6.07) is 13.6. The molecule has 1 heterocycles. The van der Waals surface area contributed by atoms with Crippen LogP contribution in [0.2, 0.25) is 0 Å². The zero-order chi connectivity index (χ0) is 18.7. The van der Waals surface area contributed by atoms with E-state index in [0.29, 0.717) is 28.8 Å². The van der Waals surface area contributed by atoms with Crippen molar-refractivity contribution >= 4 is 17.3 Å². The van der Waals surface area contributed by atoms with Crippen molar-refractivity contribution in [1.82, 2.24) is 4.98 Å². The minimum Gasteiger partial charge on any atom is -0.493 e. The first-order valence-corrected chi connectivity index (χ1v) is 8.87. The number of aromatic carboxylic acids is 1. The van der Waals surface area contributed by atoms with Crippen LogP contribution in [0.5, 0.6) is 11.5 Å². The Balaban J connectivity index is 1.83. The largest absolute Gasteiger partial charge is 0.493 e. The second kappa shape index (κ2) is 7.58. The lowest BCUT2D eigenvalue weighted by Gasteiger charge is -2.12. The Labute approximate surface area is 155 Å². The molecule has 0 aliphatic rings. The highest BCUT2D eigenvalue weighted by atomic mass is 32.1. The summed E-state index contributed by atoms with van der Waals surface area (Å²) in [7, 11) is 1.58. The number of carboxylic acids is 1. The van der Waals surface area contributed by atoms with E-state index in [4.69, 9.17) is 9.47 Å². The first kappa shape index (κ1) is 17.9. The topological polar surface area (TPSA) is 68.7 Å². The molecule has 0 amide bonds. The summed E-state index contributed by atoms with van der Waals surface area (Å²) in [5, 5.41) is 9.84. The first-order valence-electron chi connectivity index (χ1n) is 8.05. The molecule has 0 saturated heterocycles. The number of hydrogen-bond acceptors (Lipinski definition) is 5. The number of ether oxygens (including phenoxy) is 2. The molecular formula is C20H19NO4S. The fraction of sp³-hybridized carbons (Fsp3) is 0.200. The third kappa shape index (κ3) is 3.86. The summed E-state index contributed by atoms with van der Waals surface area (Å²) < 4.78 is 11.3. The van der Waals surface area contributed by atoms with Crippen molar-refractivity contribution in [2.24, 2.45) is 0 Å². The van der Waals surface area contributed by atoms with Crippen molar-refractivity contribution in [3.8, 4) is 22.1 Å². The van der Waals surface area contributed by atoms with Crippen LogP contribution in [-0.4, -0.2) is 23.2 Å². The molecule has 0 atom stereocenters. The van der Waals surface area contributed by atoms with Gasteiger partial charge in [-0.2, -0.15) is 0 Å². The summed E-state index contributed by atoms with van der Waals surface area (Å²) in [5.74, 6) is 0.251. The fourth-order valence-electron chi connectivity index (χ4n) is 2.60. The van der Waals surface area contributed by atoms with Gasteiger partial charge in [-0.15, -0.1) is 11.3 Å². The van der Waals surface area contributed by atoms with Crippen LogP contribution >= 0.6 is 11.3 Å². The van der Waals surface area contributed by atoms with E-state index in [-0.39, 0.29) is 4.88 Å². The third-order valence-electron chi connectivity index (χ3n) is 3.88. The number of rotatable bonds is 6. The van der Waals surface area contributed by atoms with Gasteiger partial charge in [0, 0.05) is 5.56 Å². The maximum Gasteiger partial charge on any atom is 0.347 e. The van der Waals surface area contributed by atoms with Crippen LogP contribution in [0.15, 0.2) is 42.5 Å². The molecule has 1 N–H and O–H groups in total. The summed E-state index contributed by atoms with van der Waals surface area (Å²) in [5.41, 5.74) is 3.57. The number of aromatic nitrogens is 1. The number of nitrogens with zero attached hydrogens (tertiary/aromatic N) is 1. The summed E-state index contributed by atoms with van der Waals surface area (Å²) in [6.07, 6.45) is 0. The van der Waals surface area contributed by atoms with Crippen LogP contribution in [0.3, 0.4) is 0 Å². The number of methoxy groups -OCH3 is 1. The van der Waals surface area contributed by atoms with E-state index in [0.717, 1.165) is 22.5 Å². The molecule has 5 nitrogen and oxygen atoms in total. The van der Waals surface area contributed by atoms with Gasteiger partial charge in [-0.1, -0.05) is 29.8 Å².